The predicted molar refractivity (Wildman–Crippen MR) is 81.3 cm³/mol. The highest BCUT2D eigenvalue weighted by Crippen LogP contribution is 2.27. The molecule has 1 fully saturated rings. The van der Waals surface area contributed by atoms with Gasteiger partial charge >= 0.3 is 0 Å². The summed E-state index contributed by atoms with van der Waals surface area (Å²) in [6.45, 7) is 5.26. The first-order valence-electron chi connectivity index (χ1n) is 6.45. The second-order valence-electron chi connectivity index (χ2n) is 4.76. The number of thiophene rings is 1. The zero-order valence-electron chi connectivity index (χ0n) is 11.0. The largest absolute Gasteiger partial charge is 0.304 e. The van der Waals surface area contributed by atoms with Crippen LogP contribution in [0.1, 0.15) is 5.01 Å². The predicted octanol–water partition coefficient (Wildman–Crippen LogP) is 2.12. The number of aromatic nitrogens is 1. The molecule has 0 aromatic carbocycles. The zero-order valence-corrected chi connectivity index (χ0v) is 12.6. The summed E-state index contributed by atoms with van der Waals surface area (Å²) in [6.07, 6.45) is 1.98. The molecule has 102 valence electrons. The number of piperazine rings is 1. The molecule has 0 spiro atoms. The minimum Gasteiger partial charge on any atom is -0.304 e. The Morgan fingerprint density at radius 1 is 1.32 bits per heavy atom. The van der Waals surface area contributed by atoms with Crippen LogP contribution in [0.15, 0.2) is 23.0 Å². The Kier molecular flexibility index (Phi) is 4.24. The van der Waals surface area contributed by atoms with Crippen molar-refractivity contribution >= 4 is 22.7 Å². The summed E-state index contributed by atoms with van der Waals surface area (Å²) in [5, 5.41) is 7.73. The van der Waals surface area contributed by atoms with E-state index in [1.54, 1.807) is 22.7 Å². The van der Waals surface area contributed by atoms with E-state index in [1.165, 1.54) is 10.4 Å². The number of thiazole rings is 1. The molecule has 0 radical (unpaired) electrons. The summed E-state index contributed by atoms with van der Waals surface area (Å²) < 4.78 is 0. The topological polar surface area (TPSA) is 31.4 Å². The highest BCUT2D eigenvalue weighted by atomic mass is 32.1. The number of hydrogen-bond acceptors (Lipinski definition) is 6. The fourth-order valence-corrected chi connectivity index (χ4v) is 3.65. The van der Waals surface area contributed by atoms with E-state index in [0.29, 0.717) is 0 Å². The van der Waals surface area contributed by atoms with Crippen molar-refractivity contribution in [1.82, 2.24) is 20.3 Å². The summed E-state index contributed by atoms with van der Waals surface area (Å²) >= 11 is 3.51. The van der Waals surface area contributed by atoms with Crippen LogP contribution in [0.25, 0.3) is 10.4 Å². The van der Waals surface area contributed by atoms with Crippen molar-refractivity contribution < 1.29 is 0 Å². The van der Waals surface area contributed by atoms with Crippen molar-refractivity contribution in [3.05, 3.63) is 28.0 Å². The van der Waals surface area contributed by atoms with Crippen LogP contribution in [0.2, 0.25) is 0 Å². The molecule has 1 aliphatic heterocycles. The molecule has 1 saturated heterocycles. The van der Waals surface area contributed by atoms with Crippen LogP contribution < -0.4 is 5.43 Å². The van der Waals surface area contributed by atoms with E-state index in [0.717, 1.165) is 37.7 Å². The molecule has 3 heterocycles. The lowest BCUT2D eigenvalue weighted by Crippen LogP contribution is -2.50. The van der Waals surface area contributed by atoms with Gasteiger partial charge in [-0.2, -0.15) is 11.3 Å². The zero-order chi connectivity index (χ0) is 13.1. The summed E-state index contributed by atoms with van der Waals surface area (Å²) in [5.74, 6) is 0. The summed E-state index contributed by atoms with van der Waals surface area (Å²) in [4.78, 5) is 8.11. The third-order valence-corrected chi connectivity index (χ3v) is 5.05. The van der Waals surface area contributed by atoms with Crippen molar-refractivity contribution in [3.63, 3.8) is 0 Å². The lowest BCUT2D eigenvalue weighted by molar-refractivity contribution is 0.102. The van der Waals surface area contributed by atoms with Gasteiger partial charge in [0.15, 0.2) is 0 Å². The van der Waals surface area contributed by atoms with Crippen LogP contribution in [0.5, 0.6) is 0 Å². The van der Waals surface area contributed by atoms with Crippen LogP contribution in [-0.4, -0.2) is 48.1 Å². The van der Waals surface area contributed by atoms with Crippen molar-refractivity contribution in [1.29, 1.82) is 0 Å². The second kappa shape index (κ2) is 6.11. The molecule has 3 rings (SSSR count). The molecule has 2 aromatic rings. The standard InChI is InChI=1S/C13H18N4S2/c1-16-3-5-17(6-4-16)15-9-13-14-8-12(19-13)11-2-7-18-10-11/h2,7-8,10,15H,3-6,9H2,1H3. The van der Waals surface area contributed by atoms with E-state index in [9.17, 15) is 0 Å². The van der Waals surface area contributed by atoms with Crippen LogP contribution in [0, 0.1) is 0 Å². The fourth-order valence-electron chi connectivity index (χ4n) is 2.07. The van der Waals surface area contributed by atoms with E-state index in [-0.39, 0.29) is 0 Å². The Labute approximate surface area is 121 Å². The number of likely N-dealkylation sites (N-methyl/N-ethyl adjacent to an activating group) is 1. The van der Waals surface area contributed by atoms with Gasteiger partial charge in [-0.05, 0) is 23.9 Å². The number of hydrogen-bond donors (Lipinski definition) is 1. The van der Waals surface area contributed by atoms with Crippen LogP contribution >= 0.6 is 22.7 Å². The van der Waals surface area contributed by atoms with E-state index >= 15 is 0 Å². The van der Waals surface area contributed by atoms with E-state index in [2.05, 4.69) is 44.2 Å². The molecule has 19 heavy (non-hydrogen) atoms. The third-order valence-electron chi connectivity index (χ3n) is 3.32. The molecule has 0 atom stereocenters. The fraction of sp³-hybridized carbons (Fsp3) is 0.462. The molecule has 0 saturated carbocycles. The normalized spacial score (nSPS) is 17.9. The SMILES string of the molecule is CN1CCN(NCc2ncc(-c3ccsc3)s2)CC1. The first kappa shape index (κ1) is 13.2. The van der Waals surface area contributed by atoms with Crippen molar-refractivity contribution in [2.75, 3.05) is 33.2 Å². The van der Waals surface area contributed by atoms with Gasteiger partial charge in [0, 0.05) is 37.9 Å². The van der Waals surface area contributed by atoms with Gasteiger partial charge in [-0.1, -0.05) is 0 Å². The van der Waals surface area contributed by atoms with Crippen molar-refractivity contribution in [2.24, 2.45) is 0 Å². The lowest BCUT2D eigenvalue weighted by atomic mass is 10.3. The molecule has 1 N–H and O–H groups in total. The molecule has 4 nitrogen and oxygen atoms in total. The van der Waals surface area contributed by atoms with Gasteiger partial charge in [0.1, 0.15) is 5.01 Å². The van der Waals surface area contributed by atoms with Gasteiger partial charge in [0.25, 0.3) is 0 Å². The summed E-state index contributed by atoms with van der Waals surface area (Å²) in [5.41, 5.74) is 4.76. The quantitative estimate of drug-likeness (QED) is 0.936. The Balaban J connectivity index is 1.53. The first-order chi connectivity index (χ1) is 9.31. The minimum atomic E-state index is 0.832. The molecule has 1 aliphatic rings. The van der Waals surface area contributed by atoms with Crippen LogP contribution in [-0.2, 0) is 6.54 Å². The minimum absolute atomic E-state index is 0.832. The smallest absolute Gasteiger partial charge is 0.108 e. The second-order valence-corrected chi connectivity index (χ2v) is 6.65. The molecular formula is C13H18N4S2. The number of nitrogens with zero attached hydrogens (tertiary/aromatic N) is 3. The highest BCUT2D eigenvalue weighted by molar-refractivity contribution is 7.15. The maximum absolute atomic E-state index is 4.50. The number of hydrazine groups is 1. The number of nitrogens with one attached hydrogen (secondary N) is 1. The van der Waals surface area contributed by atoms with Crippen molar-refractivity contribution in [2.45, 2.75) is 6.54 Å². The van der Waals surface area contributed by atoms with Crippen molar-refractivity contribution in [3.8, 4) is 10.4 Å². The molecular weight excluding hydrogens is 276 g/mol. The third kappa shape index (κ3) is 3.40. The molecule has 0 aliphatic carbocycles. The number of rotatable bonds is 4. The first-order valence-corrected chi connectivity index (χ1v) is 8.21. The van der Waals surface area contributed by atoms with Gasteiger partial charge in [-0.15, -0.1) is 11.3 Å². The average molecular weight is 294 g/mol. The Hall–Kier alpha value is -0.790. The Morgan fingerprint density at radius 3 is 2.89 bits per heavy atom. The van der Waals surface area contributed by atoms with Gasteiger partial charge in [-0.25, -0.2) is 15.4 Å². The van der Waals surface area contributed by atoms with Gasteiger partial charge in [-0.3, -0.25) is 0 Å². The average Bonchev–Trinajstić information content (AvgIpc) is 3.09. The molecule has 0 amide bonds. The van der Waals surface area contributed by atoms with Gasteiger partial charge < -0.3 is 4.90 Å². The summed E-state index contributed by atoms with van der Waals surface area (Å²) in [6, 6.07) is 2.15. The van der Waals surface area contributed by atoms with Crippen LogP contribution in [0.4, 0.5) is 0 Å². The van der Waals surface area contributed by atoms with Gasteiger partial charge in [0.2, 0.25) is 0 Å². The van der Waals surface area contributed by atoms with E-state index in [1.807, 2.05) is 6.20 Å². The Bertz CT molecular complexity index is 500. The monoisotopic (exact) mass is 294 g/mol. The van der Waals surface area contributed by atoms with E-state index < -0.39 is 0 Å². The van der Waals surface area contributed by atoms with E-state index in [4.69, 9.17) is 0 Å². The van der Waals surface area contributed by atoms with Gasteiger partial charge in [0.05, 0.1) is 11.4 Å². The van der Waals surface area contributed by atoms with Crippen LogP contribution in [0.3, 0.4) is 0 Å². The molecule has 2 aromatic heterocycles. The molecule has 0 unspecified atom stereocenters. The molecule has 6 heteroatoms. The maximum Gasteiger partial charge on any atom is 0.108 e. The maximum atomic E-state index is 4.50. The Morgan fingerprint density at radius 2 is 2.16 bits per heavy atom. The lowest BCUT2D eigenvalue weighted by Gasteiger charge is -2.32. The molecule has 0 bridgehead atoms. The highest BCUT2D eigenvalue weighted by Gasteiger charge is 2.13. The summed E-state index contributed by atoms with van der Waals surface area (Å²) in [7, 11) is 2.17.